The van der Waals surface area contributed by atoms with Gasteiger partial charge in [-0.3, -0.25) is 4.79 Å². The molecule has 22 heavy (non-hydrogen) atoms. The molecule has 1 heterocycles. The van der Waals surface area contributed by atoms with Gasteiger partial charge in [0.25, 0.3) is 5.91 Å². The highest BCUT2D eigenvalue weighted by Gasteiger charge is 2.12. The summed E-state index contributed by atoms with van der Waals surface area (Å²) in [6.07, 6.45) is 1.88. The number of amides is 1. The molecule has 1 atom stereocenters. The number of rotatable bonds is 7. The Morgan fingerprint density at radius 1 is 1.41 bits per heavy atom. The normalized spacial score (nSPS) is 12.0. The molecule has 0 spiro atoms. The molecule has 1 aromatic heterocycles. The fraction of sp³-hybridized carbons (Fsp3) is 0.412. The van der Waals surface area contributed by atoms with E-state index in [0.717, 1.165) is 23.6 Å². The minimum Gasteiger partial charge on any atom is -0.486 e. The molecule has 2 aromatic rings. The number of aromatic nitrogens is 1. The molecule has 1 amide bonds. The first-order valence-corrected chi connectivity index (χ1v) is 8.47. The van der Waals surface area contributed by atoms with Crippen LogP contribution in [0.5, 0.6) is 5.75 Å². The third-order valence-electron chi connectivity index (χ3n) is 3.44. The molecular weight excluding hydrogens is 296 g/mol. The number of ether oxygens (including phenoxy) is 1. The van der Waals surface area contributed by atoms with E-state index in [1.807, 2.05) is 32.0 Å². The van der Waals surface area contributed by atoms with E-state index in [0.29, 0.717) is 12.3 Å². The maximum absolute atomic E-state index is 12.0. The number of hydrogen-bond donors (Lipinski definition) is 1. The van der Waals surface area contributed by atoms with Crippen molar-refractivity contribution in [3.8, 4) is 5.75 Å². The van der Waals surface area contributed by atoms with E-state index in [4.69, 9.17) is 4.74 Å². The fourth-order valence-corrected chi connectivity index (χ4v) is 2.57. The summed E-state index contributed by atoms with van der Waals surface area (Å²) in [4.78, 5) is 16.3. The summed E-state index contributed by atoms with van der Waals surface area (Å²) >= 11 is 1.44. The number of benzene rings is 1. The molecule has 4 nitrogen and oxygen atoms in total. The van der Waals surface area contributed by atoms with Crippen LogP contribution in [0.2, 0.25) is 0 Å². The Balaban J connectivity index is 1.93. The molecule has 0 aliphatic carbocycles. The minimum absolute atomic E-state index is 0.121. The first-order valence-electron chi connectivity index (χ1n) is 7.59. The van der Waals surface area contributed by atoms with Crippen LogP contribution in [0.25, 0.3) is 0 Å². The summed E-state index contributed by atoms with van der Waals surface area (Å²) in [5.74, 6) is 0.713. The van der Waals surface area contributed by atoms with Gasteiger partial charge in [0.05, 0.1) is 0 Å². The van der Waals surface area contributed by atoms with Crippen LogP contribution in [-0.4, -0.2) is 16.9 Å². The summed E-state index contributed by atoms with van der Waals surface area (Å²) in [6, 6.07) is 8.19. The second-order valence-corrected chi connectivity index (χ2v) is 6.14. The number of carbonyl (C=O) groups is 1. The van der Waals surface area contributed by atoms with Crippen LogP contribution in [0.15, 0.2) is 29.6 Å². The van der Waals surface area contributed by atoms with Crippen molar-refractivity contribution >= 4 is 17.2 Å². The highest BCUT2D eigenvalue weighted by atomic mass is 32.1. The number of carbonyl (C=O) groups excluding carboxylic acids is 1. The third-order valence-corrected chi connectivity index (χ3v) is 4.27. The van der Waals surface area contributed by atoms with Crippen molar-refractivity contribution in [2.75, 3.05) is 0 Å². The Morgan fingerprint density at radius 2 is 2.23 bits per heavy atom. The Bertz CT molecular complexity index is 625. The number of nitrogens with zero attached hydrogens (tertiary/aromatic N) is 1. The van der Waals surface area contributed by atoms with E-state index in [9.17, 15) is 4.79 Å². The summed E-state index contributed by atoms with van der Waals surface area (Å²) in [5.41, 5.74) is 1.71. The van der Waals surface area contributed by atoms with Crippen molar-refractivity contribution in [3.05, 3.63) is 45.9 Å². The molecule has 0 saturated heterocycles. The van der Waals surface area contributed by atoms with Gasteiger partial charge >= 0.3 is 0 Å². The van der Waals surface area contributed by atoms with Gasteiger partial charge in [-0.25, -0.2) is 4.98 Å². The molecule has 0 bridgehead atoms. The van der Waals surface area contributed by atoms with E-state index in [2.05, 4.69) is 23.3 Å². The van der Waals surface area contributed by atoms with Crippen LogP contribution in [-0.2, 0) is 13.0 Å². The van der Waals surface area contributed by atoms with Crippen molar-refractivity contribution in [1.82, 2.24) is 10.3 Å². The Hall–Kier alpha value is -1.88. The van der Waals surface area contributed by atoms with Crippen LogP contribution < -0.4 is 10.1 Å². The zero-order valence-corrected chi connectivity index (χ0v) is 14.1. The average Bonchev–Trinajstić information content (AvgIpc) is 3.02. The summed E-state index contributed by atoms with van der Waals surface area (Å²) in [7, 11) is 0. The number of thiazole rings is 1. The van der Waals surface area contributed by atoms with Gasteiger partial charge in [-0.15, -0.1) is 11.3 Å². The van der Waals surface area contributed by atoms with Gasteiger partial charge in [0.1, 0.15) is 23.1 Å². The molecule has 0 radical (unpaired) electrons. The molecule has 1 N–H and O–H groups in total. The van der Waals surface area contributed by atoms with Crippen LogP contribution in [0.4, 0.5) is 0 Å². The number of nitrogens with one attached hydrogen (secondary N) is 1. The third kappa shape index (κ3) is 4.56. The van der Waals surface area contributed by atoms with Crippen molar-refractivity contribution in [1.29, 1.82) is 0 Å². The molecule has 0 saturated carbocycles. The molecule has 0 aliphatic rings. The van der Waals surface area contributed by atoms with Crippen LogP contribution in [0.3, 0.4) is 0 Å². The fourth-order valence-electron chi connectivity index (χ4n) is 1.88. The molecular formula is C17H22N2O2S. The number of hydrogen-bond acceptors (Lipinski definition) is 4. The molecule has 1 aromatic carbocycles. The molecule has 0 aliphatic heterocycles. The van der Waals surface area contributed by atoms with Crippen LogP contribution >= 0.6 is 11.3 Å². The maximum atomic E-state index is 12.0. The van der Waals surface area contributed by atoms with E-state index in [1.165, 1.54) is 16.9 Å². The van der Waals surface area contributed by atoms with Crippen molar-refractivity contribution < 1.29 is 9.53 Å². The Morgan fingerprint density at radius 3 is 2.95 bits per heavy atom. The van der Waals surface area contributed by atoms with Gasteiger partial charge in [0.15, 0.2) is 0 Å². The molecule has 2 rings (SSSR count). The van der Waals surface area contributed by atoms with E-state index in [-0.39, 0.29) is 11.9 Å². The van der Waals surface area contributed by atoms with Crippen molar-refractivity contribution in [2.24, 2.45) is 0 Å². The van der Waals surface area contributed by atoms with Gasteiger partial charge in [-0.2, -0.15) is 0 Å². The summed E-state index contributed by atoms with van der Waals surface area (Å²) in [6.45, 7) is 6.52. The second kappa shape index (κ2) is 7.94. The lowest BCUT2D eigenvalue weighted by molar-refractivity contribution is 0.0934. The van der Waals surface area contributed by atoms with Gasteiger partial charge < -0.3 is 10.1 Å². The molecule has 5 heteroatoms. The quantitative estimate of drug-likeness (QED) is 0.844. The average molecular weight is 318 g/mol. The molecule has 118 valence electrons. The van der Waals surface area contributed by atoms with E-state index < -0.39 is 0 Å². The lowest BCUT2D eigenvalue weighted by Crippen LogP contribution is -2.32. The van der Waals surface area contributed by atoms with E-state index >= 15 is 0 Å². The largest absolute Gasteiger partial charge is 0.486 e. The second-order valence-electron chi connectivity index (χ2n) is 5.20. The first kappa shape index (κ1) is 16.5. The first-order chi connectivity index (χ1) is 10.6. The Labute approximate surface area is 135 Å². The highest BCUT2D eigenvalue weighted by Crippen LogP contribution is 2.17. The monoisotopic (exact) mass is 318 g/mol. The SMILES string of the molecule is CCc1cccc(OCc2nc(C(=O)N[C@@H](C)CC)cs2)c1. The summed E-state index contributed by atoms with van der Waals surface area (Å²) < 4.78 is 5.75. The van der Waals surface area contributed by atoms with Crippen LogP contribution in [0.1, 0.15) is 48.3 Å². The maximum Gasteiger partial charge on any atom is 0.270 e. The van der Waals surface area contributed by atoms with E-state index in [1.54, 1.807) is 5.38 Å². The van der Waals surface area contributed by atoms with Crippen LogP contribution in [0, 0.1) is 0 Å². The Kier molecular flexibility index (Phi) is 5.95. The highest BCUT2D eigenvalue weighted by molar-refractivity contribution is 7.09. The number of aryl methyl sites for hydroxylation is 1. The van der Waals surface area contributed by atoms with Gasteiger partial charge in [-0.05, 0) is 37.5 Å². The predicted molar refractivity (Wildman–Crippen MR) is 89.5 cm³/mol. The zero-order valence-electron chi connectivity index (χ0n) is 13.3. The standard InChI is InChI=1S/C17H22N2O2S/c1-4-12(3)18-17(20)15-11-22-16(19-15)10-21-14-8-6-7-13(5-2)9-14/h6-9,11-12H,4-5,10H2,1-3H3,(H,18,20)/t12-/m0/s1. The lowest BCUT2D eigenvalue weighted by atomic mass is 10.2. The lowest BCUT2D eigenvalue weighted by Gasteiger charge is -2.09. The minimum atomic E-state index is -0.121. The molecule has 0 unspecified atom stereocenters. The predicted octanol–water partition coefficient (Wildman–Crippen LogP) is 3.81. The molecule has 0 fully saturated rings. The van der Waals surface area contributed by atoms with Gasteiger partial charge in [0, 0.05) is 11.4 Å². The topological polar surface area (TPSA) is 51.2 Å². The van der Waals surface area contributed by atoms with Gasteiger partial charge in [-0.1, -0.05) is 26.0 Å². The van der Waals surface area contributed by atoms with Gasteiger partial charge in [0.2, 0.25) is 0 Å². The van der Waals surface area contributed by atoms with Crippen molar-refractivity contribution in [3.63, 3.8) is 0 Å². The summed E-state index contributed by atoms with van der Waals surface area (Å²) in [5, 5.41) is 5.49. The smallest absolute Gasteiger partial charge is 0.270 e. The van der Waals surface area contributed by atoms with Crippen molar-refractivity contribution in [2.45, 2.75) is 46.3 Å². The zero-order chi connectivity index (χ0) is 15.9.